The molecule has 5 nitrogen and oxygen atoms in total. The highest BCUT2D eigenvalue weighted by atomic mass is 16.4. The molecule has 0 atom stereocenters. The maximum atomic E-state index is 11.0. The van der Waals surface area contributed by atoms with Gasteiger partial charge in [0.15, 0.2) is 12.7 Å². The van der Waals surface area contributed by atoms with Crippen molar-refractivity contribution in [3.63, 3.8) is 0 Å². The molecule has 0 fully saturated rings. The molecule has 88 valence electrons. The highest BCUT2D eigenvalue weighted by molar-refractivity contribution is 5.90. The molecule has 0 spiro atoms. The molecule has 0 aliphatic rings. The lowest BCUT2D eigenvalue weighted by Crippen LogP contribution is -2.40. The third kappa shape index (κ3) is 5.87. The van der Waals surface area contributed by atoms with Crippen LogP contribution in [0.3, 0.4) is 0 Å². The van der Waals surface area contributed by atoms with Crippen molar-refractivity contribution in [1.29, 1.82) is 0 Å². The van der Waals surface area contributed by atoms with Crippen LogP contribution < -0.4 is 9.67 Å². The molecule has 0 aliphatic carbocycles. The van der Waals surface area contributed by atoms with E-state index < -0.39 is 5.97 Å². The summed E-state index contributed by atoms with van der Waals surface area (Å²) in [5.41, 5.74) is 0.631. The molecule has 1 aromatic heterocycles. The summed E-state index contributed by atoms with van der Waals surface area (Å²) >= 11 is 0. The zero-order valence-electron chi connectivity index (χ0n) is 9.34. The molecular weight excluding hydrogens is 210 g/mol. The number of aliphatic hydroxyl groups is 1. The zero-order chi connectivity index (χ0) is 12.6. The number of hydrogen-bond acceptors (Lipinski definition) is 4. The van der Waals surface area contributed by atoms with E-state index in [4.69, 9.17) is 15.0 Å². The summed E-state index contributed by atoms with van der Waals surface area (Å²) in [6, 6.07) is 5.39. The quantitative estimate of drug-likeness (QED) is 0.524. The Kier molecular flexibility index (Phi) is 6.71. The molecule has 5 heteroatoms. The lowest BCUT2D eigenvalue weighted by atomic mass is 10.2. The first-order valence-electron chi connectivity index (χ1n) is 4.77. The monoisotopic (exact) mass is 225 g/mol. The van der Waals surface area contributed by atoms with Crippen LogP contribution in [0.2, 0.25) is 0 Å². The minimum absolute atomic E-state index is 0.0176. The lowest BCUT2D eigenvalue weighted by molar-refractivity contribution is -0.699. The second-order valence-electron chi connectivity index (χ2n) is 3.05. The maximum absolute atomic E-state index is 11.0. The molecule has 1 rings (SSSR count). The number of carbonyl (C=O) groups is 2. The number of nitrogens with zero attached hydrogens (tertiary/aromatic N) is 1. The Morgan fingerprint density at radius 3 is 2.38 bits per heavy atom. The third-order valence-corrected chi connectivity index (χ3v) is 1.64. The van der Waals surface area contributed by atoms with Gasteiger partial charge in [-0.05, 0) is 13.0 Å². The average Bonchev–Trinajstić information content (AvgIpc) is 2.18. The fourth-order valence-electron chi connectivity index (χ4n) is 1.10. The van der Waals surface area contributed by atoms with Crippen LogP contribution in [0, 0.1) is 0 Å². The SMILES string of the molecule is CC(=O)[O-].CC(=O)c1cccc[n+]1CCO. The first-order chi connectivity index (χ1) is 7.49. The minimum Gasteiger partial charge on any atom is -0.550 e. The van der Waals surface area contributed by atoms with Crippen molar-refractivity contribution in [2.75, 3.05) is 6.61 Å². The normalized spacial score (nSPS) is 8.94. The fourth-order valence-corrected chi connectivity index (χ4v) is 1.10. The van der Waals surface area contributed by atoms with Gasteiger partial charge in [-0.25, -0.2) is 0 Å². The predicted octanol–water partition coefficient (Wildman–Crippen LogP) is -1.07. The summed E-state index contributed by atoms with van der Waals surface area (Å²) in [6.45, 7) is 3.01. The maximum Gasteiger partial charge on any atom is 0.248 e. The van der Waals surface area contributed by atoms with Crippen molar-refractivity contribution < 1.29 is 24.4 Å². The fraction of sp³-hybridized carbons (Fsp3) is 0.364. The van der Waals surface area contributed by atoms with Gasteiger partial charge in [-0.1, -0.05) is 0 Å². The van der Waals surface area contributed by atoms with Gasteiger partial charge in [0.1, 0.15) is 6.61 Å². The predicted molar refractivity (Wildman–Crippen MR) is 54.4 cm³/mol. The van der Waals surface area contributed by atoms with Crippen molar-refractivity contribution in [1.82, 2.24) is 0 Å². The number of carboxylic acids is 1. The molecule has 0 amide bonds. The first kappa shape index (κ1) is 14.2. The molecule has 0 saturated heterocycles. The van der Waals surface area contributed by atoms with E-state index in [2.05, 4.69) is 0 Å². The van der Waals surface area contributed by atoms with Crippen molar-refractivity contribution >= 4 is 11.8 Å². The molecule has 1 aromatic rings. The number of carboxylic acid groups (broad SMARTS) is 1. The summed E-state index contributed by atoms with van der Waals surface area (Å²) in [7, 11) is 0. The summed E-state index contributed by atoms with van der Waals surface area (Å²) in [6.07, 6.45) is 1.78. The Hall–Kier alpha value is -1.75. The highest BCUT2D eigenvalue weighted by Gasteiger charge is 2.12. The second kappa shape index (κ2) is 7.53. The van der Waals surface area contributed by atoms with E-state index in [0.29, 0.717) is 12.2 Å². The molecule has 1 N–H and O–H groups in total. The van der Waals surface area contributed by atoms with Crippen LogP contribution in [0.1, 0.15) is 24.3 Å². The average molecular weight is 225 g/mol. The summed E-state index contributed by atoms with van der Waals surface area (Å²) < 4.78 is 1.74. The number of hydrogen-bond donors (Lipinski definition) is 1. The van der Waals surface area contributed by atoms with Crippen LogP contribution in [0.4, 0.5) is 0 Å². The van der Waals surface area contributed by atoms with E-state index in [0.717, 1.165) is 6.92 Å². The van der Waals surface area contributed by atoms with Gasteiger partial charge in [0.05, 0.1) is 0 Å². The van der Waals surface area contributed by atoms with Gasteiger partial charge in [-0.3, -0.25) is 4.79 Å². The van der Waals surface area contributed by atoms with Gasteiger partial charge in [-0.15, -0.1) is 0 Å². The van der Waals surface area contributed by atoms with Crippen molar-refractivity contribution in [3.05, 3.63) is 30.1 Å². The van der Waals surface area contributed by atoms with Crippen molar-refractivity contribution in [2.45, 2.75) is 20.4 Å². The minimum atomic E-state index is -1.08. The third-order valence-electron chi connectivity index (χ3n) is 1.64. The number of aliphatic hydroxyl groups excluding tert-OH is 1. The number of ketones is 1. The summed E-state index contributed by atoms with van der Waals surface area (Å²) in [5, 5.41) is 17.6. The smallest absolute Gasteiger partial charge is 0.248 e. The van der Waals surface area contributed by atoms with E-state index in [1.807, 2.05) is 12.1 Å². The van der Waals surface area contributed by atoms with Crippen LogP contribution in [0.5, 0.6) is 0 Å². The van der Waals surface area contributed by atoms with Crippen molar-refractivity contribution in [2.24, 2.45) is 0 Å². The van der Waals surface area contributed by atoms with E-state index >= 15 is 0 Å². The van der Waals surface area contributed by atoms with Gasteiger partial charge in [0, 0.05) is 25.0 Å². The molecule has 0 aromatic carbocycles. The molecule has 0 radical (unpaired) electrons. The van der Waals surface area contributed by atoms with E-state index in [9.17, 15) is 4.79 Å². The Morgan fingerprint density at radius 2 is 1.94 bits per heavy atom. The van der Waals surface area contributed by atoms with Crippen LogP contribution >= 0.6 is 0 Å². The van der Waals surface area contributed by atoms with E-state index in [-0.39, 0.29) is 12.4 Å². The van der Waals surface area contributed by atoms with Gasteiger partial charge in [-0.2, -0.15) is 4.57 Å². The molecule has 0 aliphatic heterocycles. The number of Topliss-reactive ketones (excluding diaryl/α,β-unsaturated/α-hetero) is 1. The Balaban J connectivity index is 0.000000487. The topological polar surface area (TPSA) is 81.3 Å². The van der Waals surface area contributed by atoms with Crippen LogP contribution in [0.25, 0.3) is 0 Å². The molecule has 0 unspecified atom stereocenters. The largest absolute Gasteiger partial charge is 0.550 e. The first-order valence-corrected chi connectivity index (χ1v) is 4.77. The second-order valence-corrected chi connectivity index (χ2v) is 3.05. The number of carbonyl (C=O) groups excluding carboxylic acids is 2. The lowest BCUT2D eigenvalue weighted by Gasteiger charge is -1.97. The van der Waals surface area contributed by atoms with Crippen LogP contribution in [0.15, 0.2) is 24.4 Å². The zero-order valence-corrected chi connectivity index (χ0v) is 9.34. The Morgan fingerprint density at radius 1 is 1.38 bits per heavy atom. The van der Waals surface area contributed by atoms with Gasteiger partial charge in [0.25, 0.3) is 0 Å². The van der Waals surface area contributed by atoms with Gasteiger partial charge < -0.3 is 15.0 Å². The Bertz CT molecular complexity index is 359. The molecule has 1 heterocycles. The van der Waals surface area contributed by atoms with E-state index in [1.165, 1.54) is 6.92 Å². The van der Waals surface area contributed by atoms with E-state index in [1.54, 1.807) is 16.8 Å². The van der Waals surface area contributed by atoms with Gasteiger partial charge >= 0.3 is 0 Å². The van der Waals surface area contributed by atoms with Crippen LogP contribution in [-0.2, 0) is 11.3 Å². The molecule has 0 saturated carbocycles. The summed E-state index contributed by atoms with van der Waals surface area (Å²) in [4.78, 5) is 19.9. The summed E-state index contributed by atoms with van der Waals surface area (Å²) in [5.74, 6) is -1.07. The number of rotatable bonds is 3. The van der Waals surface area contributed by atoms with Crippen molar-refractivity contribution in [3.8, 4) is 0 Å². The molecule has 0 bridgehead atoms. The van der Waals surface area contributed by atoms with Crippen LogP contribution in [-0.4, -0.2) is 23.5 Å². The molecular formula is C11H15NO4. The molecule has 16 heavy (non-hydrogen) atoms. The number of pyridine rings is 1. The van der Waals surface area contributed by atoms with Gasteiger partial charge in [0.2, 0.25) is 11.5 Å². The number of aromatic nitrogens is 1. The Labute approximate surface area is 94.0 Å². The highest BCUT2D eigenvalue weighted by Crippen LogP contribution is 1.91. The number of aliphatic carboxylic acids is 1. The standard InChI is InChI=1S/C9H12NO2.C2H4O2/c1-8(12)9-4-2-3-5-10(9)6-7-11;1-2(3)4/h2-5,11H,6-7H2,1H3;1H3,(H,3,4)/q+1;/p-1.